The molecule has 0 radical (unpaired) electrons. The largest absolute Gasteiger partial charge is 0.497 e. The summed E-state index contributed by atoms with van der Waals surface area (Å²) in [6.45, 7) is 7.53. The van der Waals surface area contributed by atoms with Crippen molar-refractivity contribution in [3.05, 3.63) is 29.8 Å². The van der Waals surface area contributed by atoms with Crippen LogP contribution in [0.25, 0.3) is 0 Å². The van der Waals surface area contributed by atoms with Crippen LogP contribution < -0.4 is 15.4 Å². The maximum Gasteiger partial charge on any atom is 0.321 e. The van der Waals surface area contributed by atoms with Gasteiger partial charge in [0.25, 0.3) is 0 Å². The normalized spacial score (nSPS) is 18.2. The van der Waals surface area contributed by atoms with Gasteiger partial charge < -0.3 is 10.1 Å². The van der Waals surface area contributed by atoms with E-state index in [1.165, 1.54) is 5.56 Å². The topological polar surface area (TPSA) is 70.7 Å². The van der Waals surface area contributed by atoms with E-state index in [-0.39, 0.29) is 18.0 Å². The summed E-state index contributed by atoms with van der Waals surface area (Å²) >= 11 is 0. The van der Waals surface area contributed by atoms with Gasteiger partial charge in [-0.1, -0.05) is 12.1 Å². The molecule has 0 unspecified atom stereocenters. The van der Waals surface area contributed by atoms with E-state index in [4.69, 9.17) is 4.74 Å². The van der Waals surface area contributed by atoms with E-state index in [9.17, 15) is 9.59 Å². The van der Waals surface area contributed by atoms with Crippen molar-refractivity contribution in [3.63, 3.8) is 0 Å². The van der Waals surface area contributed by atoms with Gasteiger partial charge in [-0.25, -0.2) is 4.79 Å². The SMILES string of the molecule is COc1ccc([C@@H]2CCN(CC(=O)NC(=O)NC(C)(C)C)C2)cc1. The molecule has 6 nitrogen and oxygen atoms in total. The second-order valence-corrected chi connectivity index (χ2v) is 7.25. The first-order valence-corrected chi connectivity index (χ1v) is 8.25. The minimum Gasteiger partial charge on any atom is -0.497 e. The molecule has 6 heteroatoms. The fourth-order valence-corrected chi connectivity index (χ4v) is 2.87. The number of hydrogen-bond donors (Lipinski definition) is 2. The Morgan fingerprint density at radius 1 is 1.25 bits per heavy atom. The Balaban J connectivity index is 1.80. The predicted molar refractivity (Wildman–Crippen MR) is 93.2 cm³/mol. The van der Waals surface area contributed by atoms with Gasteiger partial charge in [0.2, 0.25) is 5.91 Å². The van der Waals surface area contributed by atoms with Crippen molar-refractivity contribution < 1.29 is 14.3 Å². The number of hydrogen-bond acceptors (Lipinski definition) is 4. The second kappa shape index (κ2) is 7.66. The average molecular weight is 333 g/mol. The fraction of sp³-hybridized carbons (Fsp3) is 0.556. The summed E-state index contributed by atoms with van der Waals surface area (Å²) in [7, 11) is 1.65. The van der Waals surface area contributed by atoms with Gasteiger partial charge in [-0.2, -0.15) is 0 Å². The number of urea groups is 1. The van der Waals surface area contributed by atoms with Crippen molar-refractivity contribution in [2.24, 2.45) is 0 Å². The maximum absolute atomic E-state index is 12.0. The Morgan fingerprint density at radius 2 is 1.92 bits per heavy atom. The number of ether oxygens (including phenoxy) is 1. The van der Waals surface area contributed by atoms with Crippen molar-refractivity contribution >= 4 is 11.9 Å². The van der Waals surface area contributed by atoms with Gasteiger partial charge in [-0.3, -0.25) is 15.0 Å². The van der Waals surface area contributed by atoms with Crippen LogP contribution in [0.4, 0.5) is 4.79 Å². The zero-order valence-electron chi connectivity index (χ0n) is 14.9. The van der Waals surface area contributed by atoms with Crippen LogP contribution in [0.5, 0.6) is 5.75 Å². The highest BCUT2D eigenvalue weighted by Gasteiger charge is 2.26. The minimum absolute atomic E-state index is 0.240. The van der Waals surface area contributed by atoms with Crippen molar-refractivity contribution in [2.45, 2.75) is 38.6 Å². The lowest BCUT2D eigenvalue weighted by Crippen LogP contribution is -2.50. The van der Waals surface area contributed by atoms with E-state index < -0.39 is 6.03 Å². The molecule has 3 amide bonds. The lowest BCUT2D eigenvalue weighted by atomic mass is 9.98. The molecule has 2 rings (SSSR count). The van der Waals surface area contributed by atoms with Crippen LogP contribution in [-0.4, -0.2) is 49.1 Å². The van der Waals surface area contributed by atoms with Gasteiger partial charge in [0.05, 0.1) is 13.7 Å². The van der Waals surface area contributed by atoms with Crippen LogP contribution in [0.2, 0.25) is 0 Å². The van der Waals surface area contributed by atoms with Crippen LogP contribution in [0.15, 0.2) is 24.3 Å². The number of methoxy groups -OCH3 is 1. The second-order valence-electron chi connectivity index (χ2n) is 7.25. The van der Waals surface area contributed by atoms with E-state index in [0.29, 0.717) is 5.92 Å². The Morgan fingerprint density at radius 3 is 2.50 bits per heavy atom. The number of benzene rings is 1. The molecule has 132 valence electrons. The third kappa shape index (κ3) is 5.53. The number of likely N-dealkylation sites (tertiary alicyclic amines) is 1. The lowest BCUT2D eigenvalue weighted by Gasteiger charge is -2.21. The summed E-state index contributed by atoms with van der Waals surface area (Å²) in [6.07, 6.45) is 1.01. The Kier molecular flexibility index (Phi) is 5.83. The van der Waals surface area contributed by atoms with Crippen LogP contribution in [-0.2, 0) is 4.79 Å². The van der Waals surface area contributed by atoms with Gasteiger partial charge in [-0.05, 0) is 57.4 Å². The Hall–Kier alpha value is -2.08. The molecule has 0 aromatic heterocycles. The molecule has 1 fully saturated rings. The van der Waals surface area contributed by atoms with Crippen molar-refractivity contribution in [1.29, 1.82) is 0 Å². The van der Waals surface area contributed by atoms with Gasteiger partial charge in [0.15, 0.2) is 0 Å². The molecular formula is C18H27N3O3. The van der Waals surface area contributed by atoms with Crippen molar-refractivity contribution in [1.82, 2.24) is 15.5 Å². The number of carbonyl (C=O) groups is 2. The monoisotopic (exact) mass is 333 g/mol. The highest BCUT2D eigenvalue weighted by molar-refractivity contribution is 5.95. The molecule has 1 aliphatic heterocycles. The molecule has 0 saturated carbocycles. The van der Waals surface area contributed by atoms with Crippen molar-refractivity contribution in [2.75, 3.05) is 26.7 Å². The van der Waals surface area contributed by atoms with Crippen molar-refractivity contribution in [3.8, 4) is 5.75 Å². The molecule has 0 spiro atoms. The first kappa shape index (κ1) is 18.3. The third-order valence-corrected chi connectivity index (χ3v) is 3.97. The summed E-state index contributed by atoms with van der Waals surface area (Å²) in [5.74, 6) is 0.983. The molecule has 24 heavy (non-hydrogen) atoms. The molecular weight excluding hydrogens is 306 g/mol. The van der Waals surface area contributed by atoms with Crippen LogP contribution in [0.1, 0.15) is 38.7 Å². The van der Waals surface area contributed by atoms with Crippen LogP contribution in [0, 0.1) is 0 Å². The maximum atomic E-state index is 12.0. The summed E-state index contributed by atoms with van der Waals surface area (Å²) in [6, 6.07) is 7.62. The molecule has 1 aromatic carbocycles. The Bertz CT molecular complexity index is 578. The van der Waals surface area contributed by atoms with Crippen LogP contribution >= 0.6 is 0 Å². The number of rotatable bonds is 4. The summed E-state index contributed by atoms with van der Waals surface area (Å²) in [5.41, 5.74) is 0.890. The summed E-state index contributed by atoms with van der Waals surface area (Å²) in [4.78, 5) is 25.8. The highest BCUT2D eigenvalue weighted by atomic mass is 16.5. The number of nitrogens with one attached hydrogen (secondary N) is 2. The first-order valence-electron chi connectivity index (χ1n) is 8.25. The van der Waals surface area contributed by atoms with Gasteiger partial charge in [-0.15, -0.1) is 0 Å². The highest BCUT2D eigenvalue weighted by Crippen LogP contribution is 2.28. The van der Waals surface area contributed by atoms with Gasteiger partial charge in [0, 0.05) is 12.1 Å². The molecule has 1 heterocycles. The minimum atomic E-state index is -0.446. The third-order valence-electron chi connectivity index (χ3n) is 3.97. The molecule has 1 saturated heterocycles. The number of amides is 3. The number of nitrogens with zero attached hydrogens (tertiary/aromatic N) is 1. The summed E-state index contributed by atoms with van der Waals surface area (Å²) in [5, 5.41) is 5.10. The van der Waals surface area contributed by atoms with E-state index in [2.05, 4.69) is 27.7 Å². The van der Waals surface area contributed by atoms with Crippen LogP contribution in [0.3, 0.4) is 0 Å². The van der Waals surface area contributed by atoms with Gasteiger partial charge >= 0.3 is 6.03 Å². The molecule has 1 aromatic rings. The van der Waals surface area contributed by atoms with E-state index >= 15 is 0 Å². The standard InChI is InChI=1S/C18H27N3O3/c1-18(2,3)20-17(23)19-16(22)12-21-10-9-14(11-21)13-5-7-15(24-4)8-6-13/h5-8,14H,9-12H2,1-4H3,(H2,19,20,22,23)/t14-/m1/s1. The molecule has 1 atom stereocenters. The predicted octanol–water partition coefficient (Wildman–Crippen LogP) is 2.11. The Labute approximate surface area is 143 Å². The number of carbonyl (C=O) groups excluding carboxylic acids is 2. The summed E-state index contributed by atoms with van der Waals surface area (Å²) < 4.78 is 5.18. The molecule has 0 bridgehead atoms. The first-order chi connectivity index (χ1) is 11.3. The molecule has 2 N–H and O–H groups in total. The molecule has 1 aliphatic rings. The lowest BCUT2D eigenvalue weighted by molar-refractivity contribution is -0.120. The van der Waals surface area contributed by atoms with Gasteiger partial charge in [0.1, 0.15) is 5.75 Å². The van der Waals surface area contributed by atoms with E-state index in [1.807, 2.05) is 32.9 Å². The fourth-order valence-electron chi connectivity index (χ4n) is 2.87. The van der Waals surface area contributed by atoms with E-state index in [1.54, 1.807) is 7.11 Å². The zero-order chi connectivity index (χ0) is 17.7. The zero-order valence-corrected chi connectivity index (χ0v) is 14.9. The smallest absolute Gasteiger partial charge is 0.321 e. The number of imide groups is 1. The molecule has 0 aliphatic carbocycles. The quantitative estimate of drug-likeness (QED) is 0.885. The van der Waals surface area contributed by atoms with E-state index in [0.717, 1.165) is 25.3 Å². The average Bonchev–Trinajstić information content (AvgIpc) is 2.93.